The Morgan fingerprint density at radius 2 is 1.93 bits per heavy atom. The van der Waals surface area contributed by atoms with Crippen molar-refractivity contribution in [1.82, 2.24) is 4.31 Å². The fourth-order valence-corrected chi connectivity index (χ4v) is 4.66. The Kier molecular flexibility index (Phi) is 6.08. The SMILES string of the molecule is O=C(O)Cc1cccc(C2CCCN(S(=O)(=O)/C=C/c3ccccc3)C2)c1. The maximum atomic E-state index is 12.7. The molecule has 2 aromatic carbocycles. The van der Waals surface area contributed by atoms with E-state index < -0.39 is 16.0 Å². The zero-order chi connectivity index (χ0) is 19.3. The van der Waals surface area contributed by atoms with Gasteiger partial charge in [-0.15, -0.1) is 0 Å². The maximum Gasteiger partial charge on any atom is 0.307 e. The van der Waals surface area contributed by atoms with Gasteiger partial charge in [0, 0.05) is 18.5 Å². The van der Waals surface area contributed by atoms with Crippen molar-refractivity contribution in [2.24, 2.45) is 0 Å². The number of hydrogen-bond acceptors (Lipinski definition) is 3. The summed E-state index contributed by atoms with van der Waals surface area (Å²) in [5.41, 5.74) is 2.58. The van der Waals surface area contributed by atoms with Crippen LogP contribution in [-0.4, -0.2) is 36.9 Å². The highest BCUT2D eigenvalue weighted by Gasteiger charge is 2.28. The van der Waals surface area contributed by atoms with Crippen molar-refractivity contribution in [3.63, 3.8) is 0 Å². The van der Waals surface area contributed by atoms with Crippen LogP contribution in [0.3, 0.4) is 0 Å². The molecule has 1 unspecified atom stereocenters. The van der Waals surface area contributed by atoms with Crippen LogP contribution in [0.2, 0.25) is 0 Å². The summed E-state index contributed by atoms with van der Waals surface area (Å²) >= 11 is 0. The summed E-state index contributed by atoms with van der Waals surface area (Å²) in [4.78, 5) is 10.9. The summed E-state index contributed by atoms with van der Waals surface area (Å²) in [6.45, 7) is 0.921. The van der Waals surface area contributed by atoms with E-state index in [1.807, 2.05) is 48.5 Å². The van der Waals surface area contributed by atoms with Gasteiger partial charge in [0.05, 0.1) is 6.42 Å². The van der Waals surface area contributed by atoms with Crippen LogP contribution in [0.4, 0.5) is 0 Å². The van der Waals surface area contributed by atoms with E-state index in [2.05, 4.69) is 0 Å². The summed E-state index contributed by atoms with van der Waals surface area (Å²) < 4.78 is 26.9. The Balaban J connectivity index is 1.74. The number of hydrogen-bond donors (Lipinski definition) is 1. The van der Waals surface area contributed by atoms with Crippen LogP contribution in [0.1, 0.15) is 35.4 Å². The van der Waals surface area contributed by atoms with E-state index in [1.54, 1.807) is 12.1 Å². The van der Waals surface area contributed by atoms with Crippen molar-refractivity contribution in [3.05, 3.63) is 76.7 Å². The van der Waals surface area contributed by atoms with Gasteiger partial charge in [-0.2, -0.15) is 4.31 Å². The van der Waals surface area contributed by atoms with Gasteiger partial charge >= 0.3 is 5.97 Å². The first-order valence-corrected chi connectivity index (χ1v) is 10.5. The van der Waals surface area contributed by atoms with Crippen LogP contribution in [0, 0.1) is 0 Å². The summed E-state index contributed by atoms with van der Waals surface area (Å²) in [7, 11) is -3.49. The lowest BCUT2D eigenvalue weighted by Crippen LogP contribution is -2.38. The van der Waals surface area contributed by atoms with E-state index in [0.717, 1.165) is 29.5 Å². The normalized spacial score (nSPS) is 18.6. The summed E-state index contributed by atoms with van der Waals surface area (Å²) in [5, 5.41) is 10.2. The van der Waals surface area contributed by atoms with Crippen molar-refractivity contribution in [2.75, 3.05) is 13.1 Å². The van der Waals surface area contributed by atoms with Gasteiger partial charge in [0.1, 0.15) is 0 Å². The Morgan fingerprint density at radius 1 is 1.15 bits per heavy atom. The zero-order valence-electron chi connectivity index (χ0n) is 15.0. The average molecular weight is 385 g/mol. The molecule has 0 aliphatic carbocycles. The number of benzene rings is 2. The predicted molar refractivity (Wildman–Crippen MR) is 106 cm³/mol. The van der Waals surface area contributed by atoms with E-state index in [-0.39, 0.29) is 12.3 Å². The second-order valence-electron chi connectivity index (χ2n) is 6.77. The Hall–Kier alpha value is -2.44. The lowest BCUT2D eigenvalue weighted by atomic mass is 9.90. The lowest BCUT2D eigenvalue weighted by Gasteiger charge is -2.31. The number of piperidine rings is 1. The highest BCUT2D eigenvalue weighted by molar-refractivity contribution is 7.92. The smallest absolute Gasteiger partial charge is 0.307 e. The molecule has 6 heteroatoms. The summed E-state index contributed by atoms with van der Waals surface area (Å²) in [6.07, 6.45) is 3.27. The number of carboxylic acids is 1. The first kappa shape index (κ1) is 19.3. The average Bonchev–Trinajstić information content (AvgIpc) is 2.67. The first-order chi connectivity index (χ1) is 12.9. The van der Waals surface area contributed by atoms with E-state index in [0.29, 0.717) is 13.1 Å². The molecule has 0 aromatic heterocycles. The molecule has 1 aliphatic rings. The fraction of sp³-hybridized carbons (Fsp3) is 0.286. The van der Waals surface area contributed by atoms with Crippen molar-refractivity contribution in [2.45, 2.75) is 25.2 Å². The topological polar surface area (TPSA) is 74.7 Å². The fourth-order valence-electron chi connectivity index (χ4n) is 3.39. The molecule has 0 radical (unpaired) electrons. The minimum absolute atomic E-state index is 0.0254. The minimum atomic E-state index is -3.49. The third-order valence-corrected chi connectivity index (χ3v) is 6.29. The third-order valence-electron chi connectivity index (χ3n) is 4.75. The van der Waals surface area contributed by atoms with Gasteiger partial charge in [-0.25, -0.2) is 8.42 Å². The van der Waals surface area contributed by atoms with Gasteiger partial charge in [-0.3, -0.25) is 4.79 Å². The number of rotatable bonds is 6. The molecule has 1 heterocycles. The first-order valence-electron chi connectivity index (χ1n) is 8.98. The molecule has 0 amide bonds. The highest BCUT2D eigenvalue weighted by Crippen LogP contribution is 2.29. The standard InChI is InChI=1S/C21H23NO4S/c23-21(24)15-18-8-4-9-19(14-18)20-10-5-12-22(16-20)27(25,26)13-11-17-6-2-1-3-7-17/h1-4,6-9,11,13-14,20H,5,10,12,15-16H2,(H,23,24)/b13-11+. The molecule has 1 saturated heterocycles. The molecule has 3 rings (SSSR count). The van der Waals surface area contributed by atoms with Crippen molar-refractivity contribution in [1.29, 1.82) is 0 Å². The van der Waals surface area contributed by atoms with E-state index in [1.165, 1.54) is 9.71 Å². The van der Waals surface area contributed by atoms with Crippen molar-refractivity contribution >= 4 is 22.1 Å². The van der Waals surface area contributed by atoms with Gasteiger partial charge in [0.25, 0.3) is 0 Å². The largest absolute Gasteiger partial charge is 0.481 e. The quantitative estimate of drug-likeness (QED) is 0.826. The molecule has 1 N–H and O–H groups in total. The van der Waals surface area contributed by atoms with Gasteiger partial charge < -0.3 is 5.11 Å². The number of carboxylic acid groups (broad SMARTS) is 1. The lowest BCUT2D eigenvalue weighted by molar-refractivity contribution is -0.136. The van der Waals surface area contributed by atoms with Crippen LogP contribution in [0.25, 0.3) is 6.08 Å². The molecule has 0 bridgehead atoms. The summed E-state index contributed by atoms with van der Waals surface area (Å²) in [6, 6.07) is 16.8. The molecule has 0 saturated carbocycles. The van der Waals surface area contributed by atoms with E-state index in [9.17, 15) is 13.2 Å². The second kappa shape index (κ2) is 8.50. The van der Waals surface area contributed by atoms with Gasteiger partial charge in [-0.05, 0) is 41.5 Å². The predicted octanol–water partition coefficient (Wildman–Crippen LogP) is 3.49. The van der Waals surface area contributed by atoms with Gasteiger partial charge in [0.2, 0.25) is 10.0 Å². The number of sulfonamides is 1. The minimum Gasteiger partial charge on any atom is -0.481 e. The van der Waals surface area contributed by atoms with Crippen LogP contribution in [0.15, 0.2) is 60.0 Å². The number of nitrogens with zero attached hydrogens (tertiary/aromatic N) is 1. The Morgan fingerprint density at radius 3 is 2.67 bits per heavy atom. The van der Waals surface area contributed by atoms with Crippen molar-refractivity contribution < 1.29 is 18.3 Å². The molecular formula is C21H23NO4S. The third kappa shape index (κ3) is 5.28. The molecule has 2 aromatic rings. The summed E-state index contributed by atoms with van der Waals surface area (Å²) in [5.74, 6) is -0.793. The molecule has 1 atom stereocenters. The van der Waals surface area contributed by atoms with Crippen LogP contribution in [-0.2, 0) is 21.2 Å². The van der Waals surface area contributed by atoms with Crippen LogP contribution >= 0.6 is 0 Å². The molecular weight excluding hydrogens is 362 g/mol. The van der Waals surface area contributed by atoms with Crippen molar-refractivity contribution in [3.8, 4) is 0 Å². The number of aliphatic carboxylic acids is 1. The van der Waals surface area contributed by atoms with Crippen LogP contribution in [0.5, 0.6) is 0 Å². The van der Waals surface area contributed by atoms with E-state index >= 15 is 0 Å². The van der Waals surface area contributed by atoms with Crippen LogP contribution < -0.4 is 0 Å². The van der Waals surface area contributed by atoms with E-state index in [4.69, 9.17) is 5.11 Å². The Bertz CT molecular complexity index is 922. The molecule has 0 spiro atoms. The monoisotopic (exact) mass is 385 g/mol. The molecule has 1 aliphatic heterocycles. The highest BCUT2D eigenvalue weighted by atomic mass is 32.2. The molecule has 142 valence electrons. The Labute approximate surface area is 160 Å². The van der Waals surface area contributed by atoms with Gasteiger partial charge in [0.15, 0.2) is 0 Å². The zero-order valence-corrected chi connectivity index (χ0v) is 15.8. The molecule has 27 heavy (non-hydrogen) atoms. The maximum absolute atomic E-state index is 12.7. The second-order valence-corrected chi connectivity index (χ2v) is 8.59. The molecule has 5 nitrogen and oxygen atoms in total. The number of carbonyl (C=O) groups is 1. The van der Waals surface area contributed by atoms with Gasteiger partial charge in [-0.1, -0.05) is 54.6 Å². The molecule has 1 fully saturated rings.